The zero-order valence-electron chi connectivity index (χ0n) is 16.1. The molecule has 10 heteroatoms. The minimum Gasteiger partial charge on any atom is -0.321 e. The number of carbonyl (C=O) groups is 1. The predicted octanol–water partition coefficient (Wildman–Crippen LogP) is 4.39. The third-order valence-electron chi connectivity index (χ3n) is 5.22. The smallest absolute Gasteiger partial charge is 0.321 e. The highest BCUT2D eigenvalue weighted by atomic mass is 35.5. The molecular weight excluding hydrogens is 419 g/mol. The van der Waals surface area contributed by atoms with E-state index in [4.69, 9.17) is 11.6 Å². The first-order valence-electron chi connectivity index (χ1n) is 9.16. The van der Waals surface area contributed by atoms with Gasteiger partial charge in [-0.2, -0.15) is 13.2 Å². The molecule has 2 aromatic heterocycles. The fraction of sp³-hybridized carbons (Fsp3) is 0.300. The number of nitrogens with zero attached hydrogens (tertiary/aromatic N) is 5. The molecule has 0 aliphatic carbocycles. The van der Waals surface area contributed by atoms with Crippen molar-refractivity contribution in [1.29, 1.82) is 0 Å². The van der Waals surface area contributed by atoms with Gasteiger partial charge in [-0.25, -0.2) is 4.98 Å². The minimum absolute atomic E-state index is 0.0280. The molecule has 0 saturated carbocycles. The highest BCUT2D eigenvalue weighted by molar-refractivity contribution is 6.29. The second-order valence-electron chi connectivity index (χ2n) is 7.27. The summed E-state index contributed by atoms with van der Waals surface area (Å²) in [6.45, 7) is 1.75. The second-order valence-corrected chi connectivity index (χ2v) is 7.65. The van der Waals surface area contributed by atoms with Crippen LogP contribution in [0.4, 0.5) is 19.0 Å². The maximum absolute atomic E-state index is 13.4. The Labute approximate surface area is 175 Å². The van der Waals surface area contributed by atoms with Crippen LogP contribution in [0.15, 0.2) is 36.7 Å². The maximum atomic E-state index is 13.4. The summed E-state index contributed by atoms with van der Waals surface area (Å²) in [7, 11) is 1.84. The second kappa shape index (κ2) is 7.39. The molecule has 0 fully saturated rings. The zero-order chi connectivity index (χ0) is 21.6. The van der Waals surface area contributed by atoms with E-state index in [0.717, 1.165) is 17.5 Å². The lowest BCUT2D eigenvalue weighted by Gasteiger charge is -2.18. The third-order valence-corrected chi connectivity index (χ3v) is 5.41. The van der Waals surface area contributed by atoms with Crippen molar-refractivity contribution in [1.82, 2.24) is 19.7 Å². The number of benzene rings is 1. The average molecular weight is 436 g/mol. The van der Waals surface area contributed by atoms with Crippen molar-refractivity contribution in [2.45, 2.75) is 32.0 Å². The maximum Gasteiger partial charge on any atom is 0.416 e. The van der Waals surface area contributed by atoms with Crippen LogP contribution >= 0.6 is 11.6 Å². The molecule has 1 atom stereocenters. The Hall–Kier alpha value is -2.94. The number of fused-ring (bicyclic) bond motifs is 1. The predicted molar refractivity (Wildman–Crippen MR) is 104 cm³/mol. The Kier molecular flexibility index (Phi) is 5.01. The lowest BCUT2D eigenvalue weighted by atomic mass is 9.98. The molecule has 156 valence electrons. The van der Waals surface area contributed by atoms with Crippen molar-refractivity contribution in [2.24, 2.45) is 7.05 Å². The number of hydrogen-bond donors (Lipinski definition) is 0. The Morgan fingerprint density at radius 1 is 1.27 bits per heavy atom. The molecule has 3 heterocycles. The lowest BCUT2D eigenvalue weighted by molar-refractivity contribution is -0.138. The van der Waals surface area contributed by atoms with Crippen LogP contribution < -0.4 is 4.90 Å². The first-order chi connectivity index (χ1) is 14.1. The van der Waals surface area contributed by atoms with Gasteiger partial charge in [0.2, 0.25) is 0 Å². The van der Waals surface area contributed by atoms with Crippen molar-refractivity contribution in [3.8, 4) is 0 Å². The van der Waals surface area contributed by atoms with Gasteiger partial charge in [0.25, 0.3) is 5.91 Å². The lowest BCUT2D eigenvalue weighted by Crippen LogP contribution is -2.24. The van der Waals surface area contributed by atoms with Crippen LogP contribution in [-0.2, 0) is 26.2 Å². The number of amides is 1. The first-order valence-corrected chi connectivity index (χ1v) is 9.54. The van der Waals surface area contributed by atoms with Gasteiger partial charge in [-0.05, 0) is 41.3 Å². The monoisotopic (exact) mass is 435 g/mol. The van der Waals surface area contributed by atoms with Gasteiger partial charge in [-0.15, -0.1) is 10.2 Å². The summed E-state index contributed by atoms with van der Waals surface area (Å²) in [5.74, 6) is 0.434. The summed E-state index contributed by atoms with van der Waals surface area (Å²) in [5, 5.41) is 8.09. The van der Waals surface area contributed by atoms with Crippen molar-refractivity contribution < 1.29 is 18.0 Å². The van der Waals surface area contributed by atoms with Crippen LogP contribution in [0, 0.1) is 0 Å². The number of anilines is 1. The third kappa shape index (κ3) is 3.65. The Bertz CT molecular complexity index is 1130. The summed E-state index contributed by atoms with van der Waals surface area (Å²) >= 11 is 6.19. The van der Waals surface area contributed by atoms with Crippen LogP contribution in [0.25, 0.3) is 0 Å². The van der Waals surface area contributed by atoms with E-state index in [1.54, 1.807) is 23.0 Å². The van der Waals surface area contributed by atoms with E-state index < -0.39 is 17.6 Å². The highest BCUT2D eigenvalue weighted by Gasteiger charge is 2.40. The van der Waals surface area contributed by atoms with E-state index >= 15 is 0 Å². The Morgan fingerprint density at radius 2 is 2.03 bits per heavy atom. The summed E-state index contributed by atoms with van der Waals surface area (Å²) in [4.78, 5) is 18.2. The average Bonchev–Trinajstić information content (AvgIpc) is 3.23. The number of halogens is 4. The van der Waals surface area contributed by atoms with E-state index in [2.05, 4.69) is 15.2 Å². The van der Waals surface area contributed by atoms with E-state index in [1.807, 2.05) is 14.0 Å². The summed E-state index contributed by atoms with van der Waals surface area (Å²) in [6, 6.07) is 6.98. The van der Waals surface area contributed by atoms with Crippen molar-refractivity contribution in [2.75, 3.05) is 4.90 Å². The number of alkyl halides is 3. The fourth-order valence-corrected chi connectivity index (χ4v) is 3.80. The van der Waals surface area contributed by atoms with Gasteiger partial charge in [-0.3, -0.25) is 9.69 Å². The number of pyridine rings is 1. The number of aromatic nitrogens is 4. The molecule has 1 aliphatic rings. The first kappa shape index (κ1) is 20.3. The molecule has 1 aliphatic heterocycles. The molecular formula is C20H17ClF3N5O. The van der Waals surface area contributed by atoms with Gasteiger partial charge in [0, 0.05) is 19.0 Å². The van der Waals surface area contributed by atoms with Gasteiger partial charge in [-0.1, -0.05) is 24.6 Å². The van der Waals surface area contributed by atoms with Crippen molar-refractivity contribution in [3.05, 3.63) is 69.9 Å². The van der Waals surface area contributed by atoms with E-state index in [-0.39, 0.29) is 34.6 Å². The molecule has 0 radical (unpaired) electrons. The Morgan fingerprint density at radius 3 is 2.70 bits per heavy atom. The molecule has 30 heavy (non-hydrogen) atoms. The molecule has 1 unspecified atom stereocenters. The normalized spacial score (nSPS) is 14.9. The quantitative estimate of drug-likeness (QED) is 0.570. The van der Waals surface area contributed by atoms with Crippen LogP contribution in [-0.4, -0.2) is 25.7 Å². The van der Waals surface area contributed by atoms with Crippen molar-refractivity contribution >= 4 is 23.3 Å². The number of hydrogen-bond acceptors (Lipinski definition) is 4. The van der Waals surface area contributed by atoms with Crippen LogP contribution in [0.3, 0.4) is 0 Å². The number of carbonyl (C=O) groups excluding carboxylic acids is 1. The van der Waals surface area contributed by atoms with Crippen LogP contribution in [0.1, 0.15) is 45.7 Å². The molecule has 0 spiro atoms. The molecule has 0 N–H and O–H groups in total. The van der Waals surface area contributed by atoms with Gasteiger partial charge < -0.3 is 4.57 Å². The van der Waals surface area contributed by atoms with Crippen molar-refractivity contribution in [3.63, 3.8) is 0 Å². The minimum atomic E-state index is -4.54. The molecule has 0 saturated heterocycles. The van der Waals surface area contributed by atoms with Gasteiger partial charge in [0.1, 0.15) is 23.1 Å². The topological polar surface area (TPSA) is 63.9 Å². The number of aryl methyl sites for hydroxylation is 1. The van der Waals surface area contributed by atoms with E-state index in [1.165, 1.54) is 17.0 Å². The van der Waals surface area contributed by atoms with Gasteiger partial charge >= 0.3 is 6.18 Å². The molecule has 6 nitrogen and oxygen atoms in total. The van der Waals surface area contributed by atoms with Crippen LogP contribution in [0.2, 0.25) is 5.15 Å². The number of rotatable bonds is 4. The zero-order valence-corrected chi connectivity index (χ0v) is 16.9. The standard InChI is InChI=1S/C20H17ClF3N5O/c1-11(6-18-27-25-10-28(18)2)12-7-16(21)26-17(8-12)29-9-14-13(19(29)30)4-3-5-15(14)20(22,23)24/h3-5,7-8,10-11H,6,9H2,1-2H3. The molecule has 4 rings (SSSR count). The molecule has 1 aromatic carbocycles. The summed E-state index contributed by atoms with van der Waals surface area (Å²) < 4.78 is 41.9. The van der Waals surface area contributed by atoms with Crippen LogP contribution in [0.5, 0.6) is 0 Å². The summed E-state index contributed by atoms with van der Waals surface area (Å²) in [6.07, 6.45) is -2.37. The Balaban J connectivity index is 1.67. The fourth-order valence-electron chi connectivity index (χ4n) is 3.59. The molecule has 3 aromatic rings. The van der Waals surface area contributed by atoms with Gasteiger partial charge in [0.15, 0.2) is 0 Å². The largest absolute Gasteiger partial charge is 0.416 e. The molecule has 0 bridgehead atoms. The van der Waals surface area contributed by atoms with E-state index in [9.17, 15) is 18.0 Å². The summed E-state index contributed by atoms with van der Waals surface area (Å²) in [5.41, 5.74) is -0.0349. The molecule has 1 amide bonds. The van der Waals surface area contributed by atoms with E-state index in [0.29, 0.717) is 6.42 Å². The highest BCUT2D eigenvalue weighted by Crippen LogP contribution is 2.38. The SMILES string of the molecule is CC(Cc1nncn1C)c1cc(Cl)nc(N2Cc3c(cccc3C(F)(F)F)C2=O)c1. The van der Waals surface area contributed by atoms with Gasteiger partial charge in [0.05, 0.1) is 12.1 Å².